The van der Waals surface area contributed by atoms with Crippen LogP contribution >= 0.6 is 23.2 Å². The van der Waals surface area contributed by atoms with Gasteiger partial charge in [0.15, 0.2) is 0 Å². The highest BCUT2D eigenvalue weighted by Crippen LogP contribution is 2.27. The highest BCUT2D eigenvalue weighted by molar-refractivity contribution is 6.30. The number of aliphatic hydroxyl groups is 2. The van der Waals surface area contributed by atoms with Crippen LogP contribution in [0.15, 0.2) is 24.3 Å². The average molecular weight is 407 g/mol. The molecule has 1 aliphatic heterocycles. The minimum absolute atomic E-state index is 0.1000. The summed E-state index contributed by atoms with van der Waals surface area (Å²) in [7, 11) is 1.52. The molecule has 4 atom stereocenters. The zero-order valence-corrected chi connectivity index (χ0v) is 16.0. The number of alkyl halides is 1. The summed E-state index contributed by atoms with van der Waals surface area (Å²) in [5.74, 6) is -1.06. The minimum Gasteiger partial charge on any atom is -0.481 e. The normalized spacial score (nSPS) is 26.0. The molecule has 2 rings (SSSR count). The molecule has 0 spiro atoms. The first-order chi connectivity index (χ1) is 12.3. The van der Waals surface area contributed by atoms with Crippen LogP contribution in [0.2, 0.25) is 5.02 Å². The number of β-amino-alcohol motifs (C(OH)–C–C–N with tert-alkyl or cyclic N) is 1. The quantitative estimate of drug-likeness (QED) is 0.440. The molecular formula is C17H24Cl2N2O5. The molecule has 0 saturated carbocycles. The summed E-state index contributed by atoms with van der Waals surface area (Å²) in [6.45, 7) is 0.725. The molecule has 1 fully saturated rings. The lowest BCUT2D eigenvalue weighted by atomic mass is 10.0. The standard InChI is InChI=1S/C17H24Cl2N2O5/c1-26-7-6-20-13(9-16(23)24)17(25)21(10-15(20)22)14(19)8-11-2-4-12(18)5-3-11/h2-5,13-15,17,22,25H,6-10H2,1H3,(H,23,24). The van der Waals surface area contributed by atoms with E-state index in [-0.39, 0.29) is 13.0 Å². The van der Waals surface area contributed by atoms with Gasteiger partial charge in [-0.15, -0.1) is 11.6 Å². The summed E-state index contributed by atoms with van der Waals surface area (Å²) in [5.41, 5.74) is 0.314. The van der Waals surface area contributed by atoms with E-state index < -0.39 is 30.0 Å². The Balaban J connectivity index is 2.12. The highest BCUT2D eigenvalue weighted by atomic mass is 35.5. The van der Waals surface area contributed by atoms with Gasteiger partial charge in [0, 0.05) is 31.6 Å². The van der Waals surface area contributed by atoms with Gasteiger partial charge in [-0.1, -0.05) is 23.7 Å². The summed E-state index contributed by atoms with van der Waals surface area (Å²) < 4.78 is 5.01. The number of hydrogen-bond donors (Lipinski definition) is 3. The number of aliphatic carboxylic acids is 1. The second-order valence-corrected chi connectivity index (χ2v) is 7.19. The van der Waals surface area contributed by atoms with E-state index in [0.717, 1.165) is 5.56 Å². The van der Waals surface area contributed by atoms with Gasteiger partial charge in [-0.05, 0) is 17.7 Å². The number of rotatable bonds is 8. The SMILES string of the molecule is COCCN1C(O)CN(C(Cl)Cc2ccc(Cl)cc2)C(O)C1CC(=O)O. The monoisotopic (exact) mass is 406 g/mol. The summed E-state index contributed by atoms with van der Waals surface area (Å²) in [6, 6.07) is 6.38. The molecule has 0 aromatic heterocycles. The molecule has 146 valence electrons. The van der Waals surface area contributed by atoms with Crippen molar-refractivity contribution in [2.75, 3.05) is 26.8 Å². The topological polar surface area (TPSA) is 93.5 Å². The Hall–Kier alpha value is -0.930. The van der Waals surface area contributed by atoms with Crippen LogP contribution in [0.4, 0.5) is 0 Å². The van der Waals surface area contributed by atoms with E-state index in [1.54, 1.807) is 17.0 Å². The number of carboxylic acid groups (broad SMARTS) is 1. The molecule has 1 heterocycles. The molecule has 9 heteroatoms. The van der Waals surface area contributed by atoms with Crippen molar-refractivity contribution in [3.05, 3.63) is 34.9 Å². The van der Waals surface area contributed by atoms with E-state index in [4.69, 9.17) is 27.9 Å². The zero-order valence-electron chi connectivity index (χ0n) is 14.5. The van der Waals surface area contributed by atoms with Gasteiger partial charge in [0.25, 0.3) is 0 Å². The average Bonchev–Trinajstić information content (AvgIpc) is 2.59. The molecule has 4 unspecified atom stereocenters. The highest BCUT2D eigenvalue weighted by Gasteiger charge is 2.43. The maximum absolute atomic E-state index is 11.2. The second kappa shape index (κ2) is 9.85. The molecular weight excluding hydrogens is 383 g/mol. The maximum atomic E-state index is 11.2. The van der Waals surface area contributed by atoms with Gasteiger partial charge in [-0.3, -0.25) is 14.6 Å². The first kappa shape index (κ1) is 21.4. The number of methoxy groups -OCH3 is 1. The molecule has 7 nitrogen and oxygen atoms in total. The van der Waals surface area contributed by atoms with Crippen molar-refractivity contribution < 1.29 is 24.9 Å². The van der Waals surface area contributed by atoms with Crippen LogP contribution in [0.1, 0.15) is 12.0 Å². The van der Waals surface area contributed by atoms with Crippen molar-refractivity contribution in [3.63, 3.8) is 0 Å². The minimum atomic E-state index is -1.12. The third-order valence-electron chi connectivity index (χ3n) is 4.48. The third-order valence-corrected chi connectivity index (χ3v) is 5.14. The van der Waals surface area contributed by atoms with Gasteiger partial charge >= 0.3 is 5.97 Å². The van der Waals surface area contributed by atoms with Crippen molar-refractivity contribution in [2.24, 2.45) is 0 Å². The van der Waals surface area contributed by atoms with Crippen molar-refractivity contribution in [3.8, 4) is 0 Å². The number of piperazine rings is 1. The smallest absolute Gasteiger partial charge is 0.305 e. The van der Waals surface area contributed by atoms with Gasteiger partial charge in [-0.2, -0.15) is 0 Å². The number of ether oxygens (including phenoxy) is 1. The lowest BCUT2D eigenvalue weighted by molar-refractivity contribution is -0.185. The van der Waals surface area contributed by atoms with E-state index in [9.17, 15) is 20.1 Å². The Morgan fingerprint density at radius 3 is 2.58 bits per heavy atom. The number of carbonyl (C=O) groups is 1. The van der Waals surface area contributed by atoms with Crippen LogP contribution in [0.3, 0.4) is 0 Å². The lowest BCUT2D eigenvalue weighted by Gasteiger charge is -2.48. The third kappa shape index (κ3) is 5.53. The Bertz CT molecular complexity index is 589. The predicted molar refractivity (Wildman–Crippen MR) is 98.1 cm³/mol. The van der Waals surface area contributed by atoms with Crippen molar-refractivity contribution in [1.82, 2.24) is 9.80 Å². The van der Waals surface area contributed by atoms with Crippen molar-refractivity contribution in [2.45, 2.75) is 36.8 Å². The number of benzene rings is 1. The summed E-state index contributed by atoms with van der Waals surface area (Å²) in [4.78, 5) is 14.3. The largest absolute Gasteiger partial charge is 0.481 e. The van der Waals surface area contributed by atoms with Gasteiger partial charge in [-0.25, -0.2) is 0 Å². The van der Waals surface area contributed by atoms with Crippen LogP contribution < -0.4 is 0 Å². The van der Waals surface area contributed by atoms with Crippen LogP contribution in [0.5, 0.6) is 0 Å². The maximum Gasteiger partial charge on any atom is 0.305 e. The fraction of sp³-hybridized carbons (Fsp3) is 0.588. The van der Waals surface area contributed by atoms with Crippen LogP contribution in [-0.2, 0) is 16.0 Å². The number of carboxylic acids is 1. The number of halogens is 2. The second-order valence-electron chi connectivity index (χ2n) is 6.25. The summed E-state index contributed by atoms with van der Waals surface area (Å²) >= 11 is 12.4. The van der Waals surface area contributed by atoms with E-state index in [1.165, 1.54) is 12.0 Å². The molecule has 26 heavy (non-hydrogen) atoms. The molecule has 1 aromatic rings. The molecule has 1 aromatic carbocycles. The number of aliphatic hydroxyl groups excluding tert-OH is 2. The van der Waals surface area contributed by atoms with Crippen LogP contribution in [-0.4, -0.2) is 81.9 Å². The van der Waals surface area contributed by atoms with Crippen molar-refractivity contribution in [1.29, 1.82) is 0 Å². The Morgan fingerprint density at radius 2 is 2.00 bits per heavy atom. The predicted octanol–water partition coefficient (Wildman–Crippen LogP) is 1.19. The van der Waals surface area contributed by atoms with Crippen LogP contribution in [0, 0.1) is 0 Å². The first-order valence-corrected chi connectivity index (χ1v) is 9.11. The zero-order chi connectivity index (χ0) is 19.3. The number of nitrogens with zero attached hydrogens (tertiary/aromatic N) is 2. The van der Waals surface area contributed by atoms with Gasteiger partial charge in [0.2, 0.25) is 0 Å². The molecule has 1 aliphatic rings. The lowest BCUT2D eigenvalue weighted by Crippen LogP contribution is -2.66. The molecule has 0 amide bonds. The summed E-state index contributed by atoms with van der Waals surface area (Å²) in [5, 5.41) is 31.0. The fourth-order valence-corrected chi connectivity index (χ4v) is 3.64. The Labute approximate surface area is 162 Å². The van der Waals surface area contributed by atoms with E-state index in [0.29, 0.717) is 24.6 Å². The van der Waals surface area contributed by atoms with Gasteiger partial charge in [0.05, 0.1) is 24.6 Å². The van der Waals surface area contributed by atoms with E-state index >= 15 is 0 Å². The Kier molecular flexibility index (Phi) is 8.09. The van der Waals surface area contributed by atoms with Gasteiger partial charge < -0.3 is 20.1 Å². The summed E-state index contributed by atoms with van der Waals surface area (Å²) in [6.07, 6.45) is -1.98. The van der Waals surface area contributed by atoms with Gasteiger partial charge in [0.1, 0.15) is 12.5 Å². The van der Waals surface area contributed by atoms with E-state index in [1.807, 2.05) is 12.1 Å². The molecule has 0 bridgehead atoms. The Morgan fingerprint density at radius 1 is 1.35 bits per heavy atom. The molecule has 0 radical (unpaired) electrons. The van der Waals surface area contributed by atoms with Crippen LogP contribution in [0.25, 0.3) is 0 Å². The van der Waals surface area contributed by atoms with E-state index in [2.05, 4.69) is 0 Å². The molecule has 3 N–H and O–H groups in total. The molecule has 1 saturated heterocycles. The number of hydrogen-bond acceptors (Lipinski definition) is 6. The fourth-order valence-electron chi connectivity index (χ4n) is 3.14. The first-order valence-electron chi connectivity index (χ1n) is 8.30. The molecule has 0 aliphatic carbocycles. The van der Waals surface area contributed by atoms with Crippen molar-refractivity contribution >= 4 is 29.2 Å².